The maximum absolute atomic E-state index is 12.7. The fraction of sp³-hybridized carbons (Fsp3) is 0.902. The van der Waals surface area contributed by atoms with Gasteiger partial charge in [0.1, 0.15) is 6.54 Å². The minimum atomic E-state index is 0.109. The van der Waals surface area contributed by atoms with Gasteiger partial charge in [0, 0.05) is 19.8 Å². The largest absolute Gasteiger partial charge is 0.307 e. The van der Waals surface area contributed by atoms with Gasteiger partial charge in [-0.15, -0.1) is 0 Å². The zero-order valence-electron chi connectivity index (χ0n) is 31.2. The van der Waals surface area contributed by atoms with Crippen LogP contribution >= 0.6 is 0 Å². The summed E-state index contributed by atoms with van der Waals surface area (Å²) in [5, 5.41) is 3.34. The van der Waals surface area contributed by atoms with E-state index in [1.807, 2.05) is 0 Å². The SMILES string of the molecule is CCCCCCCC/C=C\CCCCCCCC(=O)NC(C)[N+]1(C)CCN=C1CCCCCCCCCCCCCCCCC. The second-order valence-corrected chi connectivity index (χ2v) is 14.6. The molecule has 0 aromatic heterocycles. The summed E-state index contributed by atoms with van der Waals surface area (Å²) >= 11 is 0. The van der Waals surface area contributed by atoms with Crippen molar-refractivity contribution in [3.8, 4) is 0 Å². The topological polar surface area (TPSA) is 41.5 Å². The predicted octanol–water partition coefficient (Wildman–Crippen LogP) is 12.6. The van der Waals surface area contributed by atoms with Gasteiger partial charge in [0.05, 0.1) is 13.6 Å². The molecule has 0 fully saturated rings. The summed E-state index contributed by atoms with van der Waals surface area (Å²) in [6, 6.07) is 0. The highest BCUT2D eigenvalue weighted by atomic mass is 16.1. The van der Waals surface area contributed by atoms with Crippen molar-refractivity contribution in [2.45, 2.75) is 220 Å². The monoisotopic (exact) mass is 631 g/mol. The number of allylic oxidation sites excluding steroid dienone is 2. The Kier molecular flexibility index (Phi) is 28.1. The molecular weight excluding hydrogens is 550 g/mol. The molecule has 1 heterocycles. The number of aliphatic imine (C=N–C) groups is 1. The maximum Gasteiger partial charge on any atom is 0.224 e. The quantitative estimate of drug-likeness (QED) is 0.0437. The van der Waals surface area contributed by atoms with Crippen molar-refractivity contribution >= 4 is 11.7 Å². The molecule has 0 saturated heterocycles. The lowest BCUT2D eigenvalue weighted by molar-refractivity contribution is -0.843. The summed E-state index contributed by atoms with van der Waals surface area (Å²) in [6.45, 7) is 8.68. The van der Waals surface area contributed by atoms with Gasteiger partial charge in [-0.1, -0.05) is 167 Å². The number of amidine groups is 1. The molecule has 1 N–H and O–H groups in total. The molecule has 0 radical (unpaired) electrons. The van der Waals surface area contributed by atoms with Gasteiger partial charge in [-0.3, -0.25) is 9.28 Å². The van der Waals surface area contributed by atoms with Crippen LogP contribution in [0.25, 0.3) is 0 Å². The standard InChI is InChI=1S/C41H79N3O/c1-5-7-9-11-13-15-17-19-21-23-25-27-29-31-33-35-40-42-37-38-44(40,4)39(3)43-41(45)36-34-32-30-28-26-24-22-20-18-16-14-12-10-8-6-2/h20,22,39H,5-19,21,23-38H2,1-4H3/p+1/b22-20-. The molecule has 1 aliphatic heterocycles. The number of quaternary nitrogens is 1. The van der Waals surface area contributed by atoms with Gasteiger partial charge >= 0.3 is 0 Å². The number of hydrogen-bond donors (Lipinski definition) is 1. The number of amides is 1. The lowest BCUT2D eigenvalue weighted by Gasteiger charge is -2.36. The van der Waals surface area contributed by atoms with E-state index in [1.54, 1.807) is 0 Å². The second kappa shape index (κ2) is 30.2. The lowest BCUT2D eigenvalue weighted by Crippen LogP contribution is -2.60. The van der Waals surface area contributed by atoms with Crippen molar-refractivity contribution in [3.05, 3.63) is 12.2 Å². The molecule has 0 spiro atoms. The fourth-order valence-corrected chi connectivity index (χ4v) is 6.89. The molecule has 0 aromatic carbocycles. The van der Waals surface area contributed by atoms with E-state index in [0.29, 0.717) is 6.42 Å². The van der Waals surface area contributed by atoms with Crippen molar-refractivity contribution in [2.75, 3.05) is 20.1 Å². The Labute approximate surface area is 282 Å². The summed E-state index contributed by atoms with van der Waals surface area (Å²) in [5.74, 6) is 1.52. The van der Waals surface area contributed by atoms with E-state index >= 15 is 0 Å². The van der Waals surface area contributed by atoms with Crippen LogP contribution in [-0.2, 0) is 4.79 Å². The lowest BCUT2D eigenvalue weighted by atomic mass is 10.0. The third kappa shape index (κ3) is 22.9. The van der Waals surface area contributed by atoms with Crippen LogP contribution in [-0.4, -0.2) is 42.5 Å². The number of carbonyl (C=O) groups is 1. The summed E-state index contributed by atoms with van der Waals surface area (Å²) in [6.07, 6.45) is 44.4. The van der Waals surface area contributed by atoms with E-state index in [1.165, 1.54) is 179 Å². The minimum absolute atomic E-state index is 0.109. The van der Waals surface area contributed by atoms with Gasteiger partial charge in [-0.2, -0.15) is 0 Å². The molecule has 4 nitrogen and oxygen atoms in total. The second-order valence-electron chi connectivity index (χ2n) is 14.6. The van der Waals surface area contributed by atoms with E-state index < -0.39 is 0 Å². The van der Waals surface area contributed by atoms with Crippen LogP contribution in [0.2, 0.25) is 0 Å². The summed E-state index contributed by atoms with van der Waals surface area (Å²) in [7, 11) is 2.28. The number of nitrogens with zero attached hydrogens (tertiary/aromatic N) is 2. The first-order valence-corrected chi connectivity index (χ1v) is 20.4. The first-order chi connectivity index (χ1) is 22.0. The molecule has 4 heteroatoms. The van der Waals surface area contributed by atoms with Crippen molar-refractivity contribution in [3.63, 3.8) is 0 Å². The first kappa shape index (κ1) is 41.9. The van der Waals surface area contributed by atoms with Gasteiger partial charge in [-0.05, 0) is 38.5 Å². The molecule has 1 amide bonds. The van der Waals surface area contributed by atoms with E-state index in [9.17, 15) is 4.79 Å². The zero-order valence-corrected chi connectivity index (χ0v) is 31.2. The fourth-order valence-electron chi connectivity index (χ4n) is 6.89. The normalized spacial score (nSPS) is 17.3. The van der Waals surface area contributed by atoms with Crippen LogP contribution < -0.4 is 5.32 Å². The maximum atomic E-state index is 12.7. The highest BCUT2D eigenvalue weighted by Crippen LogP contribution is 2.21. The average Bonchev–Trinajstić information content (AvgIpc) is 3.42. The molecule has 45 heavy (non-hydrogen) atoms. The molecule has 0 aliphatic carbocycles. The number of rotatable bonds is 33. The van der Waals surface area contributed by atoms with E-state index in [0.717, 1.165) is 30.4 Å². The summed E-state index contributed by atoms with van der Waals surface area (Å²) in [4.78, 5) is 17.6. The van der Waals surface area contributed by atoms with Crippen LogP contribution in [0.4, 0.5) is 0 Å². The molecule has 2 unspecified atom stereocenters. The molecule has 2 atom stereocenters. The van der Waals surface area contributed by atoms with Crippen LogP contribution in [0.1, 0.15) is 213 Å². The highest BCUT2D eigenvalue weighted by Gasteiger charge is 2.39. The number of unbranched alkanes of at least 4 members (excludes halogenated alkanes) is 25. The van der Waals surface area contributed by atoms with Crippen LogP contribution in [0.15, 0.2) is 17.1 Å². The van der Waals surface area contributed by atoms with E-state index in [-0.39, 0.29) is 12.1 Å². The van der Waals surface area contributed by atoms with Crippen LogP contribution in [0.3, 0.4) is 0 Å². The minimum Gasteiger partial charge on any atom is -0.307 e. The van der Waals surface area contributed by atoms with Gasteiger partial charge in [-0.25, -0.2) is 4.99 Å². The molecule has 0 bridgehead atoms. The Morgan fingerprint density at radius 3 is 1.51 bits per heavy atom. The molecular formula is C41H80N3O+. The zero-order chi connectivity index (χ0) is 32.7. The Morgan fingerprint density at radius 1 is 0.644 bits per heavy atom. The number of nitrogens with one attached hydrogen (secondary N) is 1. The molecule has 1 rings (SSSR count). The van der Waals surface area contributed by atoms with Crippen molar-refractivity contribution < 1.29 is 9.28 Å². The number of likely N-dealkylation sites (N-methyl/N-ethyl adjacent to an activating group) is 1. The van der Waals surface area contributed by atoms with E-state index in [2.05, 4.69) is 45.3 Å². The van der Waals surface area contributed by atoms with E-state index in [4.69, 9.17) is 4.99 Å². The van der Waals surface area contributed by atoms with Gasteiger partial charge in [0.25, 0.3) is 0 Å². The van der Waals surface area contributed by atoms with Gasteiger partial charge < -0.3 is 5.32 Å². The third-order valence-corrected chi connectivity index (χ3v) is 10.3. The van der Waals surface area contributed by atoms with Crippen molar-refractivity contribution in [1.82, 2.24) is 5.32 Å². The highest BCUT2D eigenvalue weighted by molar-refractivity contribution is 5.78. The summed E-state index contributed by atoms with van der Waals surface area (Å²) < 4.78 is 0.802. The van der Waals surface area contributed by atoms with Crippen molar-refractivity contribution in [2.24, 2.45) is 4.99 Å². The smallest absolute Gasteiger partial charge is 0.224 e. The Morgan fingerprint density at radius 2 is 1.04 bits per heavy atom. The third-order valence-electron chi connectivity index (χ3n) is 10.3. The molecule has 0 aromatic rings. The number of carbonyl (C=O) groups excluding carboxylic acids is 1. The molecule has 1 aliphatic rings. The van der Waals surface area contributed by atoms with Gasteiger partial charge in [0.2, 0.25) is 5.91 Å². The summed E-state index contributed by atoms with van der Waals surface area (Å²) in [5.41, 5.74) is 0. The Bertz CT molecular complexity index is 732. The van der Waals surface area contributed by atoms with Crippen molar-refractivity contribution in [1.29, 1.82) is 0 Å². The molecule has 0 saturated carbocycles. The van der Waals surface area contributed by atoms with Gasteiger partial charge in [0.15, 0.2) is 12.0 Å². The van der Waals surface area contributed by atoms with Crippen LogP contribution in [0, 0.1) is 0 Å². The predicted molar refractivity (Wildman–Crippen MR) is 200 cm³/mol. The molecule has 264 valence electrons. The number of hydrogen-bond acceptors (Lipinski definition) is 2. The Balaban J connectivity index is 2.01. The average molecular weight is 631 g/mol. The first-order valence-electron chi connectivity index (χ1n) is 20.4. The Hall–Kier alpha value is -1.16. The van der Waals surface area contributed by atoms with Crippen LogP contribution in [0.5, 0.6) is 0 Å².